The molecule has 0 aromatic carbocycles. The molecule has 104 valence electrons. The molecule has 1 aliphatic rings. The Kier molecular flexibility index (Phi) is 5.19. The van der Waals surface area contributed by atoms with Gasteiger partial charge in [0.2, 0.25) is 5.91 Å². The number of anilines is 1. The zero-order chi connectivity index (χ0) is 13.5. The number of hydrogen-bond donors (Lipinski definition) is 1. The summed E-state index contributed by atoms with van der Waals surface area (Å²) < 4.78 is 0. The van der Waals surface area contributed by atoms with Crippen LogP contribution in [-0.2, 0) is 4.79 Å². The lowest BCUT2D eigenvalue weighted by molar-refractivity contribution is -0.125. The maximum absolute atomic E-state index is 12.1. The van der Waals surface area contributed by atoms with Crippen molar-refractivity contribution in [3.05, 3.63) is 24.5 Å². The van der Waals surface area contributed by atoms with E-state index in [4.69, 9.17) is 0 Å². The first-order chi connectivity index (χ1) is 9.31. The number of hydrogen-bond acceptors (Lipinski definition) is 3. The van der Waals surface area contributed by atoms with Crippen LogP contribution in [-0.4, -0.2) is 30.5 Å². The second kappa shape index (κ2) is 7.12. The van der Waals surface area contributed by atoms with E-state index in [0.29, 0.717) is 0 Å². The van der Waals surface area contributed by atoms with E-state index in [1.165, 1.54) is 5.69 Å². The number of piperidine rings is 1. The average molecular weight is 261 g/mol. The van der Waals surface area contributed by atoms with Crippen LogP contribution in [0.15, 0.2) is 24.5 Å². The molecule has 1 aliphatic heterocycles. The van der Waals surface area contributed by atoms with Crippen LogP contribution >= 0.6 is 0 Å². The van der Waals surface area contributed by atoms with Crippen LogP contribution in [0, 0.1) is 5.92 Å². The van der Waals surface area contributed by atoms with Gasteiger partial charge in [-0.3, -0.25) is 9.78 Å². The molecule has 0 saturated carbocycles. The van der Waals surface area contributed by atoms with E-state index in [0.717, 1.165) is 45.3 Å². The van der Waals surface area contributed by atoms with Crippen molar-refractivity contribution in [3.8, 4) is 0 Å². The van der Waals surface area contributed by atoms with Gasteiger partial charge in [0.25, 0.3) is 0 Å². The fraction of sp³-hybridized carbons (Fsp3) is 0.600. The summed E-state index contributed by atoms with van der Waals surface area (Å²) in [6, 6.07) is 4.02. The molecule has 0 radical (unpaired) electrons. The summed E-state index contributed by atoms with van der Waals surface area (Å²) in [4.78, 5) is 18.4. The van der Waals surface area contributed by atoms with Gasteiger partial charge in [-0.05, 0) is 31.4 Å². The summed E-state index contributed by atoms with van der Waals surface area (Å²) in [5.74, 6) is 0.339. The molecule has 2 rings (SSSR count). The van der Waals surface area contributed by atoms with Crippen molar-refractivity contribution in [1.82, 2.24) is 10.3 Å². The minimum atomic E-state index is 0.124. The minimum Gasteiger partial charge on any atom is -0.371 e. The first-order valence-electron chi connectivity index (χ1n) is 7.24. The number of carbonyl (C=O) groups is 1. The Morgan fingerprint density at radius 3 is 3.00 bits per heavy atom. The van der Waals surface area contributed by atoms with Crippen LogP contribution in [0.2, 0.25) is 0 Å². The Labute approximate surface area is 115 Å². The normalized spacial score (nSPS) is 19.2. The van der Waals surface area contributed by atoms with Gasteiger partial charge >= 0.3 is 0 Å². The predicted octanol–water partition coefficient (Wildman–Crippen LogP) is 2.21. The first-order valence-corrected chi connectivity index (χ1v) is 7.24. The van der Waals surface area contributed by atoms with Gasteiger partial charge in [0.15, 0.2) is 0 Å². The van der Waals surface area contributed by atoms with Gasteiger partial charge in [-0.25, -0.2) is 0 Å². The third kappa shape index (κ3) is 3.94. The van der Waals surface area contributed by atoms with Gasteiger partial charge in [-0.2, -0.15) is 0 Å². The molecule has 0 spiro atoms. The second-order valence-electron chi connectivity index (χ2n) is 5.14. The van der Waals surface area contributed by atoms with Gasteiger partial charge in [-0.1, -0.05) is 13.3 Å². The maximum atomic E-state index is 12.1. The lowest BCUT2D eigenvalue weighted by Gasteiger charge is -2.33. The third-order valence-corrected chi connectivity index (χ3v) is 3.65. The second-order valence-corrected chi connectivity index (χ2v) is 5.14. The number of amides is 1. The molecule has 4 nitrogen and oxygen atoms in total. The summed E-state index contributed by atoms with van der Waals surface area (Å²) >= 11 is 0. The fourth-order valence-corrected chi connectivity index (χ4v) is 2.51. The number of nitrogens with one attached hydrogen (secondary N) is 1. The summed E-state index contributed by atoms with van der Waals surface area (Å²) in [5.41, 5.74) is 1.17. The molecule has 1 amide bonds. The summed E-state index contributed by atoms with van der Waals surface area (Å²) in [5, 5.41) is 3.05. The lowest BCUT2D eigenvalue weighted by Crippen LogP contribution is -2.43. The number of pyridine rings is 1. The largest absolute Gasteiger partial charge is 0.371 e. The van der Waals surface area contributed by atoms with Crippen molar-refractivity contribution < 1.29 is 4.79 Å². The van der Waals surface area contributed by atoms with E-state index in [-0.39, 0.29) is 11.8 Å². The topological polar surface area (TPSA) is 45.2 Å². The van der Waals surface area contributed by atoms with Crippen LogP contribution in [0.1, 0.15) is 32.6 Å². The first kappa shape index (κ1) is 13.8. The molecular formula is C15H23N3O. The highest BCUT2D eigenvalue weighted by atomic mass is 16.1. The van der Waals surface area contributed by atoms with Crippen LogP contribution in [0.5, 0.6) is 0 Å². The van der Waals surface area contributed by atoms with Gasteiger partial charge in [-0.15, -0.1) is 0 Å². The molecular weight excluding hydrogens is 238 g/mol. The zero-order valence-electron chi connectivity index (χ0n) is 11.6. The molecule has 1 aromatic heterocycles. The van der Waals surface area contributed by atoms with Crippen LogP contribution in [0.4, 0.5) is 5.69 Å². The third-order valence-electron chi connectivity index (χ3n) is 3.65. The van der Waals surface area contributed by atoms with Crippen molar-refractivity contribution in [3.63, 3.8) is 0 Å². The van der Waals surface area contributed by atoms with E-state index < -0.39 is 0 Å². The molecule has 0 aliphatic carbocycles. The van der Waals surface area contributed by atoms with Crippen LogP contribution in [0.3, 0.4) is 0 Å². The molecule has 1 atom stereocenters. The van der Waals surface area contributed by atoms with Gasteiger partial charge < -0.3 is 10.2 Å². The zero-order valence-corrected chi connectivity index (χ0v) is 11.6. The van der Waals surface area contributed by atoms with Gasteiger partial charge in [0.05, 0.1) is 5.92 Å². The standard InChI is InChI=1S/C15H23N3O/c1-2-3-8-17-15(19)13-5-4-11-18(12-13)14-6-9-16-10-7-14/h6-7,9-10,13H,2-5,8,11-12H2,1H3,(H,17,19). The van der Waals surface area contributed by atoms with Crippen molar-refractivity contribution in [1.29, 1.82) is 0 Å². The minimum absolute atomic E-state index is 0.124. The summed E-state index contributed by atoms with van der Waals surface area (Å²) in [6.45, 7) is 4.80. The van der Waals surface area contributed by atoms with Crippen LogP contribution in [0.25, 0.3) is 0 Å². The Bertz CT molecular complexity index is 394. The van der Waals surface area contributed by atoms with E-state index in [9.17, 15) is 4.79 Å². The van der Waals surface area contributed by atoms with Crippen molar-refractivity contribution in [2.45, 2.75) is 32.6 Å². The van der Waals surface area contributed by atoms with E-state index in [1.807, 2.05) is 12.1 Å². The number of rotatable bonds is 5. The number of aromatic nitrogens is 1. The SMILES string of the molecule is CCCCNC(=O)C1CCCN(c2ccncc2)C1. The molecule has 0 bridgehead atoms. The molecule has 1 unspecified atom stereocenters. The van der Waals surface area contributed by atoms with Crippen molar-refractivity contribution >= 4 is 11.6 Å². The Hall–Kier alpha value is -1.58. The van der Waals surface area contributed by atoms with E-state index in [1.54, 1.807) is 12.4 Å². The van der Waals surface area contributed by atoms with Crippen molar-refractivity contribution in [2.75, 3.05) is 24.5 Å². The number of nitrogens with zero attached hydrogens (tertiary/aromatic N) is 2. The molecule has 1 fully saturated rings. The molecule has 1 aromatic rings. The number of unbranched alkanes of at least 4 members (excludes halogenated alkanes) is 1. The summed E-state index contributed by atoms with van der Waals surface area (Å²) in [6.07, 6.45) is 7.87. The van der Waals surface area contributed by atoms with Gasteiger partial charge in [0, 0.05) is 37.7 Å². The average Bonchev–Trinajstić information content (AvgIpc) is 2.48. The highest BCUT2D eigenvalue weighted by molar-refractivity contribution is 5.79. The molecule has 19 heavy (non-hydrogen) atoms. The maximum Gasteiger partial charge on any atom is 0.224 e. The lowest BCUT2D eigenvalue weighted by atomic mass is 9.96. The van der Waals surface area contributed by atoms with Crippen LogP contribution < -0.4 is 10.2 Å². The monoisotopic (exact) mass is 261 g/mol. The fourth-order valence-electron chi connectivity index (χ4n) is 2.51. The van der Waals surface area contributed by atoms with Crippen molar-refractivity contribution in [2.24, 2.45) is 5.92 Å². The highest BCUT2D eigenvalue weighted by Gasteiger charge is 2.25. The number of carbonyl (C=O) groups excluding carboxylic acids is 1. The van der Waals surface area contributed by atoms with Gasteiger partial charge in [0.1, 0.15) is 0 Å². The molecule has 1 N–H and O–H groups in total. The Morgan fingerprint density at radius 2 is 2.26 bits per heavy atom. The molecule has 2 heterocycles. The Morgan fingerprint density at radius 1 is 1.47 bits per heavy atom. The highest BCUT2D eigenvalue weighted by Crippen LogP contribution is 2.22. The molecule has 1 saturated heterocycles. The summed E-state index contributed by atoms with van der Waals surface area (Å²) in [7, 11) is 0. The smallest absolute Gasteiger partial charge is 0.224 e. The Balaban J connectivity index is 1.88. The van der Waals surface area contributed by atoms with E-state index >= 15 is 0 Å². The molecule has 4 heteroatoms. The predicted molar refractivity (Wildman–Crippen MR) is 77.1 cm³/mol. The quantitative estimate of drug-likeness (QED) is 0.827. The van der Waals surface area contributed by atoms with E-state index in [2.05, 4.69) is 22.1 Å².